The molecule has 1 atom stereocenters. The molecule has 6 heteroatoms. The summed E-state index contributed by atoms with van der Waals surface area (Å²) in [5, 5.41) is 4.02. The van der Waals surface area contributed by atoms with Crippen molar-refractivity contribution in [1.82, 2.24) is 4.98 Å². The lowest BCUT2D eigenvalue weighted by Gasteiger charge is -2.11. The zero-order chi connectivity index (χ0) is 16.6. The molecule has 0 saturated heterocycles. The number of benzene rings is 2. The molecule has 0 bridgehead atoms. The minimum Gasteiger partial charge on any atom is -0.352 e. The SMILES string of the molecule is Br.Cc1ccc2sc(NC(C)C(=O)c3ccc(Br)cc3)nc2c1C. The van der Waals surface area contributed by atoms with E-state index >= 15 is 0 Å². The van der Waals surface area contributed by atoms with Gasteiger partial charge in [-0.3, -0.25) is 4.79 Å². The summed E-state index contributed by atoms with van der Waals surface area (Å²) in [7, 11) is 0. The van der Waals surface area contributed by atoms with E-state index in [0.717, 1.165) is 19.8 Å². The second-order valence-corrected chi connectivity index (χ2v) is 7.56. The van der Waals surface area contributed by atoms with Crippen LogP contribution in [0.15, 0.2) is 40.9 Å². The quantitative estimate of drug-likeness (QED) is 0.481. The summed E-state index contributed by atoms with van der Waals surface area (Å²) in [6.45, 7) is 6.03. The standard InChI is InChI=1S/C18H17BrN2OS.BrH/c1-10-4-9-15-16(11(10)2)21-18(23-15)20-12(3)17(22)13-5-7-14(19)8-6-13;/h4-9,12H,1-3H3,(H,20,21);1H. The number of aromatic nitrogens is 1. The number of anilines is 1. The van der Waals surface area contributed by atoms with Gasteiger partial charge in [0.05, 0.1) is 16.3 Å². The lowest BCUT2D eigenvalue weighted by molar-refractivity contribution is 0.0975. The largest absolute Gasteiger partial charge is 0.352 e. The average Bonchev–Trinajstić information content (AvgIpc) is 2.94. The lowest BCUT2D eigenvalue weighted by atomic mass is 10.1. The molecular weight excluding hydrogens is 452 g/mol. The van der Waals surface area contributed by atoms with Crippen LogP contribution in [-0.2, 0) is 0 Å². The molecule has 1 heterocycles. The molecule has 1 aromatic heterocycles. The van der Waals surface area contributed by atoms with Crippen LogP contribution >= 0.6 is 44.2 Å². The summed E-state index contributed by atoms with van der Waals surface area (Å²) >= 11 is 4.96. The van der Waals surface area contributed by atoms with E-state index < -0.39 is 0 Å². The van der Waals surface area contributed by atoms with Crippen LogP contribution in [0.5, 0.6) is 0 Å². The minimum absolute atomic E-state index is 0. The highest BCUT2D eigenvalue weighted by Crippen LogP contribution is 2.30. The fourth-order valence-corrected chi connectivity index (χ4v) is 3.68. The zero-order valence-corrected chi connectivity index (χ0v) is 17.7. The van der Waals surface area contributed by atoms with E-state index in [1.54, 1.807) is 11.3 Å². The van der Waals surface area contributed by atoms with Gasteiger partial charge in [0.15, 0.2) is 10.9 Å². The second-order valence-electron chi connectivity index (χ2n) is 5.61. The van der Waals surface area contributed by atoms with E-state index in [-0.39, 0.29) is 28.8 Å². The zero-order valence-electron chi connectivity index (χ0n) is 13.6. The van der Waals surface area contributed by atoms with Crippen LogP contribution in [0.1, 0.15) is 28.4 Å². The van der Waals surface area contributed by atoms with Crippen LogP contribution in [0.3, 0.4) is 0 Å². The van der Waals surface area contributed by atoms with Gasteiger partial charge in [-0.1, -0.05) is 45.5 Å². The van der Waals surface area contributed by atoms with Crippen molar-refractivity contribution in [2.45, 2.75) is 26.8 Å². The molecular formula is C18H18Br2N2OS. The molecule has 0 saturated carbocycles. The fraction of sp³-hybridized carbons (Fsp3) is 0.222. The van der Waals surface area contributed by atoms with Gasteiger partial charge in [0.2, 0.25) is 0 Å². The number of ketones is 1. The van der Waals surface area contributed by atoms with Crippen molar-refractivity contribution < 1.29 is 4.79 Å². The van der Waals surface area contributed by atoms with Gasteiger partial charge in [-0.25, -0.2) is 4.98 Å². The molecule has 1 N–H and O–H groups in total. The first kappa shape index (κ1) is 19.1. The van der Waals surface area contributed by atoms with Crippen LogP contribution in [0.25, 0.3) is 10.2 Å². The third-order valence-corrected chi connectivity index (χ3v) is 5.43. The Morgan fingerprint density at radius 2 is 1.83 bits per heavy atom. The van der Waals surface area contributed by atoms with Crippen molar-refractivity contribution in [3.63, 3.8) is 0 Å². The maximum Gasteiger partial charge on any atom is 0.184 e. The number of carbonyl (C=O) groups is 1. The third-order valence-electron chi connectivity index (χ3n) is 3.95. The Kier molecular flexibility index (Phi) is 6.17. The first-order valence-corrected chi connectivity index (χ1v) is 8.99. The van der Waals surface area contributed by atoms with E-state index in [4.69, 9.17) is 0 Å². The number of hydrogen-bond acceptors (Lipinski definition) is 4. The maximum absolute atomic E-state index is 12.5. The Bertz CT molecular complexity index is 875. The van der Waals surface area contributed by atoms with E-state index in [0.29, 0.717) is 5.56 Å². The molecule has 24 heavy (non-hydrogen) atoms. The van der Waals surface area contributed by atoms with Crippen LogP contribution in [0, 0.1) is 13.8 Å². The number of hydrogen-bond donors (Lipinski definition) is 1. The molecule has 0 spiro atoms. The van der Waals surface area contributed by atoms with E-state index in [1.165, 1.54) is 11.1 Å². The van der Waals surface area contributed by atoms with Gasteiger partial charge in [-0.05, 0) is 50.1 Å². The maximum atomic E-state index is 12.5. The molecule has 3 nitrogen and oxygen atoms in total. The molecule has 3 rings (SSSR count). The van der Waals surface area contributed by atoms with Crippen molar-refractivity contribution in [3.8, 4) is 0 Å². The van der Waals surface area contributed by atoms with Crippen molar-refractivity contribution in [3.05, 3.63) is 57.6 Å². The van der Waals surface area contributed by atoms with Crippen molar-refractivity contribution in [2.75, 3.05) is 5.32 Å². The minimum atomic E-state index is -0.321. The summed E-state index contributed by atoms with van der Waals surface area (Å²) < 4.78 is 2.10. The number of Topliss-reactive ketones (excluding diaryl/α,β-unsaturated/α-hetero) is 1. The van der Waals surface area contributed by atoms with Crippen LogP contribution in [0.4, 0.5) is 5.13 Å². The Labute approximate surface area is 164 Å². The topological polar surface area (TPSA) is 42.0 Å². The van der Waals surface area contributed by atoms with Gasteiger partial charge >= 0.3 is 0 Å². The Hall–Kier alpha value is -1.24. The molecule has 0 fully saturated rings. The number of fused-ring (bicyclic) bond motifs is 1. The molecule has 0 aliphatic heterocycles. The van der Waals surface area contributed by atoms with Crippen LogP contribution < -0.4 is 5.32 Å². The lowest BCUT2D eigenvalue weighted by Crippen LogP contribution is -2.26. The van der Waals surface area contributed by atoms with Crippen molar-refractivity contribution >= 4 is 65.4 Å². The number of nitrogens with one attached hydrogen (secondary N) is 1. The van der Waals surface area contributed by atoms with Crippen molar-refractivity contribution in [1.29, 1.82) is 0 Å². The highest BCUT2D eigenvalue weighted by molar-refractivity contribution is 9.10. The summed E-state index contributed by atoms with van der Waals surface area (Å²) in [4.78, 5) is 17.1. The Morgan fingerprint density at radius 3 is 2.50 bits per heavy atom. The highest BCUT2D eigenvalue weighted by Gasteiger charge is 2.17. The first-order valence-electron chi connectivity index (χ1n) is 7.39. The first-order chi connectivity index (χ1) is 11.0. The molecule has 1 unspecified atom stereocenters. The third kappa shape index (κ3) is 3.87. The molecule has 2 aromatic carbocycles. The second kappa shape index (κ2) is 7.76. The van der Waals surface area contributed by atoms with Gasteiger partial charge in [0, 0.05) is 10.0 Å². The van der Waals surface area contributed by atoms with E-state index in [2.05, 4.69) is 52.2 Å². The van der Waals surface area contributed by atoms with Crippen LogP contribution in [-0.4, -0.2) is 16.8 Å². The van der Waals surface area contributed by atoms with Crippen molar-refractivity contribution in [2.24, 2.45) is 0 Å². The Morgan fingerprint density at radius 1 is 1.17 bits per heavy atom. The normalized spacial score (nSPS) is 11.8. The van der Waals surface area contributed by atoms with Gasteiger partial charge in [0.25, 0.3) is 0 Å². The predicted molar refractivity (Wildman–Crippen MR) is 111 cm³/mol. The summed E-state index contributed by atoms with van der Waals surface area (Å²) in [5.41, 5.74) is 4.13. The molecule has 3 aromatic rings. The summed E-state index contributed by atoms with van der Waals surface area (Å²) in [6, 6.07) is 11.3. The van der Waals surface area contributed by atoms with E-state index in [9.17, 15) is 4.79 Å². The van der Waals surface area contributed by atoms with E-state index in [1.807, 2.05) is 31.2 Å². The monoisotopic (exact) mass is 468 g/mol. The Balaban J connectivity index is 0.00000208. The highest BCUT2D eigenvalue weighted by atomic mass is 79.9. The average molecular weight is 470 g/mol. The molecule has 0 amide bonds. The van der Waals surface area contributed by atoms with Gasteiger partial charge in [-0.2, -0.15) is 0 Å². The number of thiazole rings is 1. The summed E-state index contributed by atoms with van der Waals surface area (Å²) in [6.07, 6.45) is 0. The number of nitrogens with zero attached hydrogens (tertiary/aromatic N) is 1. The molecule has 0 radical (unpaired) electrons. The predicted octanol–water partition coefficient (Wildman–Crippen LogP) is 5.94. The fourth-order valence-electron chi connectivity index (χ4n) is 2.40. The number of aryl methyl sites for hydroxylation is 2. The summed E-state index contributed by atoms with van der Waals surface area (Å²) in [5.74, 6) is 0.0599. The molecule has 126 valence electrons. The van der Waals surface area contributed by atoms with Gasteiger partial charge in [-0.15, -0.1) is 17.0 Å². The van der Waals surface area contributed by atoms with Gasteiger partial charge in [0.1, 0.15) is 0 Å². The number of rotatable bonds is 4. The molecule has 0 aliphatic rings. The smallest absolute Gasteiger partial charge is 0.184 e. The molecule has 0 aliphatic carbocycles. The van der Waals surface area contributed by atoms with Crippen LogP contribution in [0.2, 0.25) is 0 Å². The number of carbonyl (C=O) groups excluding carboxylic acids is 1. The number of halogens is 2. The van der Waals surface area contributed by atoms with Gasteiger partial charge < -0.3 is 5.32 Å².